The van der Waals surface area contributed by atoms with Gasteiger partial charge in [-0.15, -0.1) is 0 Å². The van der Waals surface area contributed by atoms with Crippen LogP contribution in [0.3, 0.4) is 0 Å². The van der Waals surface area contributed by atoms with Gasteiger partial charge in [0.2, 0.25) is 5.88 Å². The molecule has 0 fully saturated rings. The number of nitro groups is 1. The lowest BCUT2D eigenvalue weighted by molar-refractivity contribution is -0.384. The average molecular weight is 287 g/mol. The Balaban J connectivity index is 2.02. The van der Waals surface area contributed by atoms with Crippen molar-refractivity contribution in [2.24, 2.45) is 0 Å². The zero-order chi connectivity index (χ0) is 15.2. The van der Waals surface area contributed by atoms with Crippen molar-refractivity contribution < 1.29 is 9.66 Å². The van der Waals surface area contributed by atoms with E-state index in [2.05, 4.69) is 10.3 Å². The number of benzene rings is 1. The summed E-state index contributed by atoms with van der Waals surface area (Å²) in [7, 11) is 1.57. The lowest BCUT2D eigenvalue weighted by Crippen LogP contribution is -2.18. The van der Waals surface area contributed by atoms with Crippen molar-refractivity contribution in [2.45, 2.75) is 19.5 Å². The van der Waals surface area contributed by atoms with E-state index in [0.717, 1.165) is 11.1 Å². The minimum Gasteiger partial charge on any atom is -0.481 e. The molecule has 110 valence electrons. The average Bonchev–Trinajstić information content (AvgIpc) is 2.53. The topological polar surface area (TPSA) is 77.3 Å². The number of methoxy groups -OCH3 is 1. The normalized spacial score (nSPS) is 11.9. The highest BCUT2D eigenvalue weighted by atomic mass is 16.6. The van der Waals surface area contributed by atoms with Crippen LogP contribution in [0.15, 0.2) is 42.6 Å². The van der Waals surface area contributed by atoms with E-state index < -0.39 is 0 Å². The van der Waals surface area contributed by atoms with Crippen molar-refractivity contribution in [3.05, 3.63) is 63.8 Å². The Labute approximate surface area is 122 Å². The minimum atomic E-state index is -0.385. The second-order valence-electron chi connectivity index (χ2n) is 4.66. The first-order valence-corrected chi connectivity index (χ1v) is 6.57. The van der Waals surface area contributed by atoms with Crippen molar-refractivity contribution in [3.8, 4) is 5.88 Å². The van der Waals surface area contributed by atoms with E-state index in [4.69, 9.17) is 4.74 Å². The second kappa shape index (κ2) is 6.81. The zero-order valence-corrected chi connectivity index (χ0v) is 11.9. The second-order valence-corrected chi connectivity index (χ2v) is 4.66. The van der Waals surface area contributed by atoms with Crippen molar-refractivity contribution in [1.29, 1.82) is 0 Å². The molecule has 1 aromatic heterocycles. The van der Waals surface area contributed by atoms with Crippen LogP contribution in [0.4, 0.5) is 5.69 Å². The molecule has 0 radical (unpaired) electrons. The number of nitrogens with one attached hydrogen (secondary N) is 1. The van der Waals surface area contributed by atoms with Crippen molar-refractivity contribution in [3.63, 3.8) is 0 Å². The molecule has 0 saturated heterocycles. The van der Waals surface area contributed by atoms with E-state index in [9.17, 15) is 10.1 Å². The highest BCUT2D eigenvalue weighted by molar-refractivity contribution is 5.35. The highest BCUT2D eigenvalue weighted by Gasteiger charge is 2.10. The third kappa shape index (κ3) is 4.00. The molecule has 0 amide bonds. The van der Waals surface area contributed by atoms with Gasteiger partial charge in [0, 0.05) is 37.0 Å². The predicted octanol–water partition coefficient (Wildman–Crippen LogP) is 2.85. The van der Waals surface area contributed by atoms with Crippen molar-refractivity contribution >= 4 is 5.69 Å². The maximum atomic E-state index is 10.8. The van der Waals surface area contributed by atoms with Gasteiger partial charge >= 0.3 is 0 Å². The van der Waals surface area contributed by atoms with Gasteiger partial charge in [0.15, 0.2) is 0 Å². The van der Waals surface area contributed by atoms with E-state index in [-0.39, 0.29) is 16.7 Å². The van der Waals surface area contributed by atoms with E-state index in [1.165, 1.54) is 6.07 Å². The molecule has 6 nitrogen and oxygen atoms in total. The highest BCUT2D eigenvalue weighted by Crippen LogP contribution is 2.19. The number of rotatable bonds is 6. The summed E-state index contributed by atoms with van der Waals surface area (Å²) in [5, 5.41) is 14.1. The summed E-state index contributed by atoms with van der Waals surface area (Å²) in [5.41, 5.74) is 2.02. The van der Waals surface area contributed by atoms with Gasteiger partial charge in [-0.3, -0.25) is 10.1 Å². The standard InChI is InChI=1S/C15H17N3O3/c1-11(13-4-3-5-14(9-13)18(19)20)17-10-12-6-7-16-15(8-12)21-2/h3-9,11,17H,10H2,1-2H3/t11-/m1/s1. The molecule has 6 heteroatoms. The molecule has 1 atom stereocenters. The summed E-state index contributed by atoms with van der Waals surface area (Å²) >= 11 is 0. The van der Waals surface area contributed by atoms with Gasteiger partial charge in [-0.1, -0.05) is 12.1 Å². The molecule has 0 aliphatic rings. The molecule has 1 heterocycles. The zero-order valence-electron chi connectivity index (χ0n) is 11.9. The summed E-state index contributed by atoms with van der Waals surface area (Å²) in [6.07, 6.45) is 1.69. The third-order valence-corrected chi connectivity index (χ3v) is 3.20. The molecule has 1 aromatic carbocycles. The number of pyridine rings is 1. The lowest BCUT2D eigenvalue weighted by Gasteiger charge is -2.14. The number of non-ortho nitro benzene ring substituents is 1. The smallest absolute Gasteiger partial charge is 0.269 e. The van der Waals surface area contributed by atoms with Crippen molar-refractivity contribution in [1.82, 2.24) is 10.3 Å². The molecule has 0 aliphatic heterocycles. The van der Waals surface area contributed by atoms with Crippen LogP contribution >= 0.6 is 0 Å². The SMILES string of the molecule is COc1cc(CN[C@H](C)c2cccc([N+](=O)[O-])c2)ccn1. The van der Waals surface area contributed by atoms with Gasteiger partial charge in [-0.25, -0.2) is 4.98 Å². The molecular formula is C15H17N3O3. The molecule has 0 spiro atoms. The van der Waals surface area contributed by atoms with Crippen LogP contribution in [-0.2, 0) is 6.54 Å². The van der Waals surface area contributed by atoms with Crippen LogP contribution in [0.2, 0.25) is 0 Å². The number of ether oxygens (including phenoxy) is 1. The fraction of sp³-hybridized carbons (Fsp3) is 0.267. The molecule has 0 bridgehead atoms. The van der Waals surface area contributed by atoms with Crippen LogP contribution in [0, 0.1) is 10.1 Å². The van der Waals surface area contributed by atoms with Gasteiger partial charge < -0.3 is 10.1 Å². The number of hydrogen-bond donors (Lipinski definition) is 1. The molecule has 1 N–H and O–H groups in total. The first kappa shape index (κ1) is 14.9. The largest absolute Gasteiger partial charge is 0.481 e. The Hall–Kier alpha value is -2.47. The van der Waals surface area contributed by atoms with Crippen LogP contribution < -0.4 is 10.1 Å². The Morgan fingerprint density at radius 1 is 1.38 bits per heavy atom. The summed E-state index contributed by atoms with van der Waals surface area (Å²) in [5.74, 6) is 0.567. The van der Waals surface area contributed by atoms with Gasteiger partial charge in [0.05, 0.1) is 12.0 Å². The van der Waals surface area contributed by atoms with E-state index in [0.29, 0.717) is 12.4 Å². The predicted molar refractivity (Wildman–Crippen MR) is 79.1 cm³/mol. The summed E-state index contributed by atoms with van der Waals surface area (Å²) in [6, 6.07) is 10.4. The van der Waals surface area contributed by atoms with Gasteiger partial charge in [0.25, 0.3) is 5.69 Å². The lowest BCUT2D eigenvalue weighted by atomic mass is 10.1. The van der Waals surface area contributed by atoms with Gasteiger partial charge in [0.1, 0.15) is 0 Å². The number of aromatic nitrogens is 1. The van der Waals surface area contributed by atoms with Crippen LogP contribution in [0.1, 0.15) is 24.1 Å². The molecule has 2 rings (SSSR count). The maximum Gasteiger partial charge on any atom is 0.269 e. The summed E-state index contributed by atoms with van der Waals surface area (Å²) in [4.78, 5) is 14.5. The first-order chi connectivity index (χ1) is 10.1. The molecule has 0 unspecified atom stereocenters. The third-order valence-electron chi connectivity index (χ3n) is 3.20. The molecular weight excluding hydrogens is 270 g/mol. The Morgan fingerprint density at radius 3 is 2.90 bits per heavy atom. The van der Waals surface area contributed by atoms with Crippen LogP contribution in [-0.4, -0.2) is 17.0 Å². The molecule has 21 heavy (non-hydrogen) atoms. The fourth-order valence-electron chi connectivity index (χ4n) is 1.97. The Kier molecular flexibility index (Phi) is 4.84. The Morgan fingerprint density at radius 2 is 2.19 bits per heavy atom. The minimum absolute atomic E-state index is 0.00376. The first-order valence-electron chi connectivity index (χ1n) is 6.57. The molecule has 0 aliphatic carbocycles. The fourth-order valence-corrected chi connectivity index (χ4v) is 1.97. The number of nitrogens with zero attached hydrogens (tertiary/aromatic N) is 2. The van der Waals surface area contributed by atoms with Crippen molar-refractivity contribution in [2.75, 3.05) is 7.11 Å². The quantitative estimate of drug-likeness (QED) is 0.653. The van der Waals surface area contributed by atoms with E-state index >= 15 is 0 Å². The van der Waals surface area contributed by atoms with E-state index in [1.807, 2.05) is 25.1 Å². The van der Waals surface area contributed by atoms with Gasteiger partial charge in [-0.05, 0) is 24.1 Å². The van der Waals surface area contributed by atoms with Crippen LogP contribution in [0.25, 0.3) is 0 Å². The number of nitro benzene ring substituents is 1. The van der Waals surface area contributed by atoms with Gasteiger partial charge in [-0.2, -0.15) is 0 Å². The Bertz CT molecular complexity index is 631. The summed E-state index contributed by atoms with van der Waals surface area (Å²) < 4.78 is 5.07. The molecule has 0 saturated carbocycles. The maximum absolute atomic E-state index is 10.8. The summed E-state index contributed by atoms with van der Waals surface area (Å²) in [6.45, 7) is 2.60. The monoisotopic (exact) mass is 287 g/mol. The molecule has 2 aromatic rings. The van der Waals surface area contributed by atoms with Crippen LogP contribution in [0.5, 0.6) is 5.88 Å². The van der Waals surface area contributed by atoms with E-state index in [1.54, 1.807) is 25.4 Å². The number of hydrogen-bond acceptors (Lipinski definition) is 5.